The summed E-state index contributed by atoms with van der Waals surface area (Å²) in [5.74, 6) is 1.05. The van der Waals surface area contributed by atoms with Crippen LogP contribution in [-0.4, -0.2) is 69.2 Å². The quantitative estimate of drug-likeness (QED) is 0.164. The minimum absolute atomic E-state index is 0.155. The Morgan fingerprint density at radius 1 is 1.00 bits per heavy atom. The molecule has 3 aromatic rings. The van der Waals surface area contributed by atoms with Crippen LogP contribution in [0.5, 0.6) is 5.75 Å². The molecule has 2 aromatic carbocycles. The number of ether oxygens (including phenoxy) is 2. The molecule has 2 heterocycles. The third-order valence-corrected chi connectivity index (χ3v) is 11.3. The van der Waals surface area contributed by atoms with Gasteiger partial charge in [-0.2, -0.15) is 0 Å². The van der Waals surface area contributed by atoms with Crippen molar-refractivity contribution in [2.24, 2.45) is 0 Å². The number of anilines is 1. The summed E-state index contributed by atoms with van der Waals surface area (Å²) in [7, 11) is 0.536. The Bertz CT molecular complexity index is 1340. The molecule has 1 aliphatic rings. The molecule has 0 bridgehead atoms. The first kappa shape index (κ1) is 34.7. The van der Waals surface area contributed by atoms with Crippen molar-refractivity contribution in [2.75, 3.05) is 38.2 Å². The van der Waals surface area contributed by atoms with Crippen molar-refractivity contribution in [3.8, 4) is 5.75 Å². The molecule has 1 aliphatic heterocycles. The molecule has 4 rings (SSSR count). The molecule has 1 saturated heterocycles. The molecule has 0 N–H and O–H groups in total. The summed E-state index contributed by atoms with van der Waals surface area (Å²) in [6.45, 7) is 13.8. The predicted octanol–water partition coefficient (Wildman–Crippen LogP) is 8.63. The van der Waals surface area contributed by atoms with Crippen LogP contribution >= 0.6 is 11.3 Å². The van der Waals surface area contributed by atoms with Crippen molar-refractivity contribution in [1.29, 1.82) is 0 Å². The van der Waals surface area contributed by atoms with E-state index in [0.29, 0.717) is 26.0 Å². The lowest BCUT2D eigenvalue weighted by molar-refractivity contribution is -0.119. The van der Waals surface area contributed by atoms with Crippen molar-refractivity contribution >= 4 is 37.1 Å². The maximum absolute atomic E-state index is 13.0. The highest BCUT2D eigenvalue weighted by atomic mass is 32.1. The molecule has 7 nitrogen and oxygen atoms in total. The van der Waals surface area contributed by atoms with E-state index in [2.05, 4.69) is 61.1 Å². The van der Waals surface area contributed by atoms with Crippen molar-refractivity contribution in [1.82, 2.24) is 9.80 Å². The second-order valence-electron chi connectivity index (χ2n) is 13.2. The lowest BCUT2D eigenvalue weighted by atomic mass is 9.97. The van der Waals surface area contributed by atoms with E-state index in [0.717, 1.165) is 53.9 Å². The van der Waals surface area contributed by atoms with E-state index in [1.807, 2.05) is 54.3 Å². The fourth-order valence-electron chi connectivity index (χ4n) is 5.82. The highest BCUT2D eigenvalue weighted by Crippen LogP contribution is 2.36. The summed E-state index contributed by atoms with van der Waals surface area (Å²) >= 11 is 1.68. The van der Waals surface area contributed by atoms with Crippen molar-refractivity contribution in [2.45, 2.75) is 83.4 Å². The van der Waals surface area contributed by atoms with Crippen LogP contribution in [0.25, 0.3) is 0 Å². The molecular weight excluding hydrogens is 599 g/mol. The van der Waals surface area contributed by atoms with Crippen molar-refractivity contribution < 1.29 is 19.1 Å². The largest absolute Gasteiger partial charge is 0.484 e. The third kappa shape index (κ3) is 9.92. The number of thiophene rings is 1. The van der Waals surface area contributed by atoms with Gasteiger partial charge in [0, 0.05) is 75.8 Å². The molecule has 9 heteroatoms. The molecule has 0 radical (unpaired) electrons. The maximum atomic E-state index is 13.0. The van der Waals surface area contributed by atoms with Gasteiger partial charge in [0.25, 0.3) is 0 Å². The highest BCUT2D eigenvalue weighted by molar-refractivity contribution is 7.10. The van der Waals surface area contributed by atoms with Crippen molar-refractivity contribution in [3.05, 3.63) is 82.6 Å². The molecule has 244 valence electrons. The number of benzene rings is 2. The number of carbonyl (C=O) groups excluding carboxylic acids is 2. The Hall–Kier alpha value is -3.14. The standard InChI is InChI=1S/C36H51N3O4SSi/c1-7-35(40)39(29-14-9-8-10-15-29)30-19-23-38(24-20-30)28(2)31-16-11-12-17-32(31)43-33(34-18-13-26-44-34)21-22-37(3)36(41)42-25-27-45(4,5)6/h8-18,26,28,30,33H,7,19-25,27H2,1-6H3/t28-,33+/m1/s1. The van der Waals surface area contributed by atoms with Crippen LogP contribution in [-0.2, 0) is 9.53 Å². The zero-order valence-corrected chi connectivity index (χ0v) is 29.7. The SMILES string of the molecule is CCC(=O)N(c1ccccc1)C1CCN([C@H](C)c2ccccc2O[C@@H](CCN(C)C(=O)OCC[Si](C)(C)C)c2cccs2)CC1. The van der Waals surface area contributed by atoms with Crippen LogP contribution in [0.15, 0.2) is 72.1 Å². The van der Waals surface area contributed by atoms with Gasteiger partial charge >= 0.3 is 6.09 Å². The molecule has 0 aliphatic carbocycles. The fraction of sp³-hybridized carbons (Fsp3) is 0.500. The topological polar surface area (TPSA) is 62.3 Å². The van der Waals surface area contributed by atoms with Crippen LogP contribution in [0.1, 0.15) is 62.1 Å². The van der Waals surface area contributed by atoms with Crippen LogP contribution in [0.3, 0.4) is 0 Å². The molecule has 2 amide bonds. The molecular formula is C36H51N3O4SSi. The van der Waals surface area contributed by atoms with Crippen molar-refractivity contribution in [3.63, 3.8) is 0 Å². The van der Waals surface area contributed by atoms with Crippen LogP contribution in [0.4, 0.5) is 10.5 Å². The fourth-order valence-corrected chi connectivity index (χ4v) is 7.33. The minimum atomic E-state index is -1.26. The number of piperidine rings is 1. The molecule has 1 aromatic heterocycles. The Labute approximate surface area is 275 Å². The number of nitrogens with zero attached hydrogens (tertiary/aromatic N) is 3. The summed E-state index contributed by atoms with van der Waals surface area (Å²) in [5.41, 5.74) is 2.14. The van der Waals surface area contributed by atoms with Gasteiger partial charge in [-0.05, 0) is 55.5 Å². The molecule has 2 atom stereocenters. The van der Waals surface area contributed by atoms with E-state index in [1.54, 1.807) is 23.3 Å². The van der Waals surface area contributed by atoms with Gasteiger partial charge in [0.15, 0.2) is 0 Å². The molecule has 0 saturated carbocycles. The second kappa shape index (κ2) is 16.4. The number of likely N-dealkylation sites (tertiary alicyclic amines) is 1. The first-order valence-electron chi connectivity index (χ1n) is 16.4. The zero-order valence-electron chi connectivity index (χ0n) is 27.9. The summed E-state index contributed by atoms with van der Waals surface area (Å²) in [4.78, 5) is 33.0. The van der Waals surface area contributed by atoms with Crippen LogP contribution in [0, 0.1) is 0 Å². The normalized spacial score (nSPS) is 15.7. The number of para-hydroxylation sites is 2. The number of carbonyl (C=O) groups is 2. The summed E-state index contributed by atoms with van der Waals surface area (Å²) in [6.07, 6.45) is 2.55. The van der Waals surface area contributed by atoms with E-state index >= 15 is 0 Å². The zero-order chi connectivity index (χ0) is 32.4. The van der Waals surface area contributed by atoms with Gasteiger partial charge in [-0.25, -0.2) is 4.79 Å². The number of hydrogen-bond acceptors (Lipinski definition) is 6. The molecule has 1 fully saturated rings. The van der Waals surface area contributed by atoms with E-state index < -0.39 is 8.07 Å². The van der Waals surface area contributed by atoms with Gasteiger partial charge < -0.3 is 19.3 Å². The van der Waals surface area contributed by atoms with Gasteiger partial charge in [-0.1, -0.05) is 69.0 Å². The Morgan fingerprint density at radius 3 is 2.33 bits per heavy atom. The van der Waals surface area contributed by atoms with E-state index in [4.69, 9.17) is 9.47 Å². The highest BCUT2D eigenvalue weighted by Gasteiger charge is 2.31. The van der Waals surface area contributed by atoms with E-state index in [1.165, 1.54) is 0 Å². The molecule has 45 heavy (non-hydrogen) atoms. The maximum Gasteiger partial charge on any atom is 0.409 e. The van der Waals surface area contributed by atoms with E-state index in [-0.39, 0.29) is 30.2 Å². The Kier molecular flexibility index (Phi) is 12.7. The van der Waals surface area contributed by atoms with Gasteiger partial charge in [0.2, 0.25) is 5.91 Å². The first-order chi connectivity index (χ1) is 21.6. The minimum Gasteiger partial charge on any atom is -0.484 e. The van der Waals surface area contributed by atoms with Gasteiger partial charge in [0.1, 0.15) is 11.9 Å². The number of hydrogen-bond donors (Lipinski definition) is 0. The van der Waals surface area contributed by atoms with Crippen LogP contribution in [0.2, 0.25) is 25.7 Å². The average molecular weight is 650 g/mol. The first-order valence-corrected chi connectivity index (χ1v) is 20.9. The van der Waals surface area contributed by atoms with Gasteiger partial charge in [0.05, 0.1) is 6.61 Å². The molecule has 0 spiro atoms. The Balaban J connectivity index is 1.40. The molecule has 0 unspecified atom stereocenters. The van der Waals surface area contributed by atoms with Crippen LogP contribution < -0.4 is 9.64 Å². The predicted molar refractivity (Wildman–Crippen MR) is 188 cm³/mol. The number of rotatable bonds is 14. The van der Waals surface area contributed by atoms with Gasteiger partial charge in [-0.15, -0.1) is 11.3 Å². The monoisotopic (exact) mass is 649 g/mol. The Morgan fingerprint density at radius 2 is 1.69 bits per heavy atom. The smallest absolute Gasteiger partial charge is 0.409 e. The summed E-state index contributed by atoms with van der Waals surface area (Å²) in [5, 5.41) is 2.07. The average Bonchev–Trinajstić information content (AvgIpc) is 3.58. The third-order valence-electron chi connectivity index (χ3n) is 8.63. The van der Waals surface area contributed by atoms with Gasteiger partial charge in [-0.3, -0.25) is 9.69 Å². The number of amides is 2. The lowest BCUT2D eigenvalue weighted by Crippen LogP contribution is -2.48. The summed E-state index contributed by atoms with van der Waals surface area (Å²) in [6, 6.07) is 23.9. The second-order valence-corrected chi connectivity index (χ2v) is 19.8. The summed E-state index contributed by atoms with van der Waals surface area (Å²) < 4.78 is 12.3. The van der Waals surface area contributed by atoms with E-state index in [9.17, 15) is 9.59 Å². The lowest BCUT2D eigenvalue weighted by Gasteiger charge is -2.41.